The third-order valence-corrected chi connectivity index (χ3v) is 8.22. The number of hydrogen-bond donors (Lipinski definition) is 1. The number of nitrogens with one attached hydrogen (secondary N) is 1. The average molecular weight is 530 g/mol. The van der Waals surface area contributed by atoms with Crippen LogP contribution in [-0.4, -0.2) is 57.1 Å². The highest BCUT2D eigenvalue weighted by molar-refractivity contribution is 7.92. The van der Waals surface area contributed by atoms with Crippen molar-refractivity contribution < 1.29 is 22.7 Å². The molecule has 0 saturated heterocycles. The Balaban J connectivity index is 1.96. The standard InChI is InChI=1S/C28H39N3O5S/c1-6-25(28(33)29-23-13-7-8-14-23)30(18-22-12-10-15-24(17-22)36-4)27(32)19-31(37(5,34)35)26-16-9-11-20(2)21(26)3/h9-12,15-17,23,25H,6-8,13-14,18-19H2,1-5H3,(H,29,33). The molecule has 37 heavy (non-hydrogen) atoms. The molecule has 1 fully saturated rings. The molecule has 9 heteroatoms. The second kappa shape index (κ2) is 12.4. The summed E-state index contributed by atoms with van der Waals surface area (Å²) in [5.74, 6) is -0.00707. The molecule has 2 aromatic carbocycles. The van der Waals surface area contributed by atoms with E-state index in [1.165, 1.54) is 4.90 Å². The third-order valence-electron chi connectivity index (χ3n) is 7.10. The molecule has 0 aromatic heterocycles. The van der Waals surface area contributed by atoms with Gasteiger partial charge in [-0.2, -0.15) is 0 Å². The molecule has 3 rings (SSSR count). The van der Waals surface area contributed by atoms with Gasteiger partial charge in [0.05, 0.1) is 19.1 Å². The summed E-state index contributed by atoms with van der Waals surface area (Å²) in [5, 5.41) is 3.12. The predicted molar refractivity (Wildman–Crippen MR) is 146 cm³/mol. The molecule has 1 N–H and O–H groups in total. The Bertz CT molecular complexity index is 1210. The van der Waals surface area contributed by atoms with Gasteiger partial charge in [0, 0.05) is 12.6 Å². The maximum atomic E-state index is 13.9. The number of nitrogens with zero attached hydrogens (tertiary/aromatic N) is 2. The number of rotatable bonds is 11. The van der Waals surface area contributed by atoms with Gasteiger partial charge in [0.15, 0.2) is 0 Å². The summed E-state index contributed by atoms with van der Waals surface area (Å²) in [4.78, 5) is 28.8. The maximum absolute atomic E-state index is 13.9. The zero-order chi connectivity index (χ0) is 27.2. The van der Waals surface area contributed by atoms with Gasteiger partial charge >= 0.3 is 0 Å². The highest BCUT2D eigenvalue weighted by atomic mass is 32.2. The Kier molecular flexibility index (Phi) is 9.59. The lowest BCUT2D eigenvalue weighted by Gasteiger charge is -2.34. The van der Waals surface area contributed by atoms with Gasteiger partial charge in [-0.1, -0.05) is 44.0 Å². The van der Waals surface area contributed by atoms with E-state index in [0.29, 0.717) is 17.9 Å². The van der Waals surface area contributed by atoms with Crippen LogP contribution in [0.25, 0.3) is 0 Å². The summed E-state index contributed by atoms with van der Waals surface area (Å²) in [6.07, 6.45) is 5.51. The highest BCUT2D eigenvalue weighted by Gasteiger charge is 2.33. The van der Waals surface area contributed by atoms with Crippen LogP contribution in [0.5, 0.6) is 5.75 Å². The van der Waals surface area contributed by atoms with Crippen molar-refractivity contribution in [3.63, 3.8) is 0 Å². The molecule has 1 unspecified atom stereocenters. The molecule has 0 spiro atoms. The summed E-state index contributed by atoms with van der Waals surface area (Å²) in [6, 6.07) is 12.1. The van der Waals surface area contributed by atoms with Crippen LogP contribution < -0.4 is 14.4 Å². The van der Waals surface area contributed by atoms with Gasteiger partial charge in [0.2, 0.25) is 21.8 Å². The number of aryl methyl sites for hydroxylation is 1. The fourth-order valence-electron chi connectivity index (χ4n) is 4.86. The fraction of sp³-hybridized carbons (Fsp3) is 0.500. The van der Waals surface area contributed by atoms with E-state index in [1.807, 2.05) is 51.1 Å². The lowest BCUT2D eigenvalue weighted by atomic mass is 10.1. The molecule has 1 aliphatic carbocycles. The molecule has 202 valence electrons. The van der Waals surface area contributed by atoms with Crippen molar-refractivity contribution in [3.8, 4) is 5.75 Å². The van der Waals surface area contributed by atoms with Crippen molar-refractivity contribution in [1.29, 1.82) is 0 Å². The molecule has 8 nitrogen and oxygen atoms in total. The normalized spacial score (nSPS) is 14.7. The van der Waals surface area contributed by atoms with E-state index in [2.05, 4.69) is 5.32 Å². The van der Waals surface area contributed by atoms with E-state index in [9.17, 15) is 18.0 Å². The molecule has 0 aliphatic heterocycles. The number of ether oxygens (including phenoxy) is 1. The quantitative estimate of drug-likeness (QED) is 0.476. The number of sulfonamides is 1. The average Bonchev–Trinajstić information content (AvgIpc) is 3.36. The van der Waals surface area contributed by atoms with Crippen molar-refractivity contribution >= 4 is 27.5 Å². The van der Waals surface area contributed by atoms with Crippen LogP contribution in [0, 0.1) is 13.8 Å². The van der Waals surface area contributed by atoms with Gasteiger partial charge < -0.3 is 15.0 Å². The molecule has 0 bridgehead atoms. The second-order valence-electron chi connectivity index (χ2n) is 9.78. The molecule has 0 radical (unpaired) electrons. The summed E-state index contributed by atoms with van der Waals surface area (Å²) < 4.78 is 32.2. The smallest absolute Gasteiger partial charge is 0.244 e. The Morgan fingerprint density at radius 2 is 1.78 bits per heavy atom. The monoisotopic (exact) mass is 529 g/mol. The van der Waals surface area contributed by atoms with E-state index in [4.69, 9.17) is 4.74 Å². The Morgan fingerprint density at radius 3 is 2.41 bits per heavy atom. The second-order valence-corrected chi connectivity index (χ2v) is 11.7. The van der Waals surface area contributed by atoms with Crippen molar-refractivity contribution in [3.05, 3.63) is 59.2 Å². The van der Waals surface area contributed by atoms with E-state index < -0.39 is 28.5 Å². The summed E-state index contributed by atoms with van der Waals surface area (Å²) in [5.41, 5.74) is 2.96. The summed E-state index contributed by atoms with van der Waals surface area (Å²) in [7, 11) is -2.21. The van der Waals surface area contributed by atoms with Crippen LogP contribution in [0.15, 0.2) is 42.5 Å². The number of anilines is 1. The molecular weight excluding hydrogens is 490 g/mol. The third kappa shape index (κ3) is 7.25. The zero-order valence-electron chi connectivity index (χ0n) is 22.5. The molecule has 1 saturated carbocycles. The van der Waals surface area contributed by atoms with E-state index in [0.717, 1.165) is 52.9 Å². The number of methoxy groups -OCH3 is 1. The first-order chi connectivity index (χ1) is 17.5. The molecule has 2 aromatic rings. The predicted octanol–water partition coefficient (Wildman–Crippen LogP) is 3.94. The van der Waals surface area contributed by atoms with Gasteiger partial charge in [0.25, 0.3) is 0 Å². The Labute approximate surface area is 221 Å². The zero-order valence-corrected chi connectivity index (χ0v) is 23.3. The van der Waals surface area contributed by atoms with Crippen LogP contribution in [0.4, 0.5) is 5.69 Å². The number of carbonyl (C=O) groups excluding carboxylic acids is 2. The van der Waals surface area contributed by atoms with E-state index >= 15 is 0 Å². The fourth-order valence-corrected chi connectivity index (χ4v) is 5.76. The first-order valence-corrected chi connectivity index (χ1v) is 14.7. The van der Waals surface area contributed by atoms with Crippen LogP contribution in [-0.2, 0) is 26.2 Å². The summed E-state index contributed by atoms with van der Waals surface area (Å²) in [6.45, 7) is 5.35. The number of amides is 2. The van der Waals surface area contributed by atoms with Gasteiger partial charge in [-0.15, -0.1) is 0 Å². The molecule has 0 heterocycles. The minimum Gasteiger partial charge on any atom is -0.497 e. The Hall–Kier alpha value is -3.07. The lowest BCUT2D eigenvalue weighted by molar-refractivity contribution is -0.140. The van der Waals surface area contributed by atoms with Crippen LogP contribution in [0.1, 0.15) is 55.7 Å². The van der Waals surface area contributed by atoms with E-state index in [1.54, 1.807) is 19.2 Å². The highest BCUT2D eigenvalue weighted by Crippen LogP contribution is 2.26. The largest absolute Gasteiger partial charge is 0.497 e. The first-order valence-electron chi connectivity index (χ1n) is 12.8. The lowest BCUT2D eigenvalue weighted by Crippen LogP contribution is -2.53. The maximum Gasteiger partial charge on any atom is 0.244 e. The van der Waals surface area contributed by atoms with Gasteiger partial charge in [-0.25, -0.2) is 8.42 Å². The van der Waals surface area contributed by atoms with Gasteiger partial charge in [-0.3, -0.25) is 13.9 Å². The van der Waals surface area contributed by atoms with Crippen LogP contribution in [0.2, 0.25) is 0 Å². The minimum absolute atomic E-state index is 0.109. The molecule has 1 atom stereocenters. The SMILES string of the molecule is CCC(C(=O)NC1CCCC1)N(Cc1cccc(OC)c1)C(=O)CN(c1cccc(C)c1C)S(C)(=O)=O. The number of carbonyl (C=O) groups is 2. The van der Waals surface area contributed by atoms with Crippen molar-refractivity contribution in [2.45, 2.75) is 71.5 Å². The topological polar surface area (TPSA) is 96.0 Å². The van der Waals surface area contributed by atoms with Gasteiger partial charge in [-0.05, 0) is 68.0 Å². The Morgan fingerprint density at radius 1 is 1.11 bits per heavy atom. The van der Waals surface area contributed by atoms with Crippen molar-refractivity contribution in [2.75, 3.05) is 24.2 Å². The molecule has 2 amide bonds. The number of benzene rings is 2. The van der Waals surface area contributed by atoms with E-state index in [-0.39, 0.29) is 18.5 Å². The minimum atomic E-state index is -3.78. The summed E-state index contributed by atoms with van der Waals surface area (Å²) >= 11 is 0. The van der Waals surface area contributed by atoms with Crippen LogP contribution >= 0.6 is 0 Å². The van der Waals surface area contributed by atoms with Gasteiger partial charge in [0.1, 0.15) is 18.3 Å². The van der Waals surface area contributed by atoms with Crippen LogP contribution in [0.3, 0.4) is 0 Å². The van der Waals surface area contributed by atoms with Crippen molar-refractivity contribution in [1.82, 2.24) is 10.2 Å². The molecular formula is C28H39N3O5S. The number of hydrogen-bond acceptors (Lipinski definition) is 5. The molecule has 1 aliphatic rings. The first kappa shape index (κ1) is 28.5. The van der Waals surface area contributed by atoms with Crippen molar-refractivity contribution in [2.24, 2.45) is 0 Å².